The van der Waals surface area contributed by atoms with Crippen LogP contribution in [0.1, 0.15) is 45.7 Å². The second kappa shape index (κ2) is 21.9. The number of carbonyl (C=O) groups is 6. The van der Waals surface area contributed by atoms with Crippen molar-refractivity contribution >= 4 is 139 Å². The first-order valence-electron chi connectivity index (χ1n) is 18.0. The first kappa shape index (κ1) is 47.3. The normalized spacial score (nSPS) is 12.1. The number of hydrogen-bond donors (Lipinski definition) is 4. The summed E-state index contributed by atoms with van der Waals surface area (Å²) in [6.07, 6.45) is 0. The minimum atomic E-state index is -1.70. The number of nitrogens with zero attached hydrogens (tertiary/aromatic N) is 4. The highest BCUT2D eigenvalue weighted by Crippen LogP contribution is 2.35. The molecule has 0 fully saturated rings. The van der Waals surface area contributed by atoms with Crippen LogP contribution in [0.25, 0.3) is 0 Å². The number of rotatable bonds is 16. The van der Waals surface area contributed by atoms with Crippen molar-refractivity contribution in [1.82, 2.24) is 0 Å². The van der Waals surface area contributed by atoms with Crippen molar-refractivity contribution in [3.63, 3.8) is 0 Å². The number of azo groups is 2. The highest BCUT2D eigenvalue weighted by atomic mass is 35.5. The molecule has 0 radical (unpaired) electrons. The van der Waals surface area contributed by atoms with Crippen molar-refractivity contribution in [2.45, 2.75) is 37.7 Å². The lowest BCUT2D eigenvalue weighted by atomic mass is 10.1. The number of anilines is 4. The van der Waals surface area contributed by atoms with Gasteiger partial charge in [0.25, 0.3) is 23.6 Å². The molecule has 62 heavy (non-hydrogen) atoms. The number of benzene rings is 5. The van der Waals surface area contributed by atoms with E-state index in [-0.39, 0.29) is 54.0 Å². The van der Waals surface area contributed by atoms with Gasteiger partial charge in [-0.15, -0.1) is 23.2 Å². The lowest BCUT2D eigenvalue weighted by Gasteiger charge is -2.15. The Balaban J connectivity index is 1.25. The van der Waals surface area contributed by atoms with E-state index in [4.69, 9.17) is 69.6 Å². The average molecular weight is 957 g/mol. The van der Waals surface area contributed by atoms with Gasteiger partial charge in [-0.1, -0.05) is 82.8 Å². The zero-order chi connectivity index (χ0) is 45.1. The Hall–Kier alpha value is -5.74. The Bertz CT molecular complexity index is 2590. The van der Waals surface area contributed by atoms with Gasteiger partial charge in [0, 0.05) is 28.8 Å². The number of hydrogen-bond acceptors (Lipinski definition) is 10. The lowest BCUT2D eigenvalue weighted by Crippen LogP contribution is -2.32. The maximum atomic E-state index is 13.3. The van der Waals surface area contributed by atoms with Crippen molar-refractivity contribution in [1.29, 1.82) is 0 Å². The standard InChI is InChI=1S/C42H32Cl6N8O6/c1-21(57)36(55-53-32-7-3-5-28(34(32)47)39(59)49-25-13-9-23(19-43)10-14-25)41(61)51-27-17-30(45)38(31(46)18-27)52-42(62)37(22(2)58)56-54-33-8-4-6-29(35(33)48)40(60)50-26-15-11-24(20-44)12-16-26/h3-18,36-37H,19-20H2,1-2H3,(H,49,59)(H,50,60)(H,51,61)(H,52,62). The van der Waals surface area contributed by atoms with Crippen LogP contribution >= 0.6 is 69.6 Å². The molecule has 0 aliphatic rings. The number of amides is 4. The van der Waals surface area contributed by atoms with E-state index in [2.05, 4.69) is 41.7 Å². The predicted molar refractivity (Wildman–Crippen MR) is 242 cm³/mol. The second-order valence-corrected chi connectivity index (χ2v) is 15.2. The highest BCUT2D eigenvalue weighted by Gasteiger charge is 2.27. The van der Waals surface area contributed by atoms with Crippen LogP contribution in [0.15, 0.2) is 118 Å². The maximum Gasteiger partial charge on any atom is 0.258 e. The molecule has 4 amide bonds. The van der Waals surface area contributed by atoms with Gasteiger partial charge in [0.15, 0.2) is 11.6 Å². The first-order valence-corrected chi connectivity index (χ1v) is 20.6. The molecule has 0 aliphatic carbocycles. The maximum absolute atomic E-state index is 13.3. The lowest BCUT2D eigenvalue weighted by molar-refractivity contribution is -0.127. The zero-order valence-corrected chi connectivity index (χ0v) is 36.8. The van der Waals surface area contributed by atoms with Crippen LogP contribution < -0.4 is 21.3 Å². The van der Waals surface area contributed by atoms with Gasteiger partial charge in [-0.25, -0.2) is 0 Å². The van der Waals surface area contributed by atoms with E-state index < -0.39 is 47.3 Å². The molecule has 318 valence electrons. The van der Waals surface area contributed by atoms with Crippen LogP contribution in [0.5, 0.6) is 0 Å². The Morgan fingerprint density at radius 2 is 0.903 bits per heavy atom. The van der Waals surface area contributed by atoms with Gasteiger partial charge in [0.1, 0.15) is 11.4 Å². The summed E-state index contributed by atoms with van der Waals surface area (Å²) in [5, 5.41) is 25.6. The third kappa shape index (κ3) is 12.2. The van der Waals surface area contributed by atoms with Crippen molar-refractivity contribution < 1.29 is 28.8 Å². The summed E-state index contributed by atoms with van der Waals surface area (Å²) in [6, 6.07) is 21.6. The van der Waals surface area contributed by atoms with Gasteiger partial charge >= 0.3 is 0 Å². The summed E-state index contributed by atoms with van der Waals surface area (Å²) in [5.41, 5.74) is 2.72. The topological polar surface area (TPSA) is 200 Å². The van der Waals surface area contributed by atoms with Gasteiger partial charge in [-0.3, -0.25) is 28.8 Å². The van der Waals surface area contributed by atoms with Crippen LogP contribution in [0.4, 0.5) is 34.1 Å². The molecule has 20 heteroatoms. The third-order valence-corrected chi connectivity index (χ3v) is 10.6. The molecule has 5 aromatic rings. The van der Waals surface area contributed by atoms with E-state index in [1.807, 2.05) is 0 Å². The van der Waals surface area contributed by atoms with Crippen molar-refractivity contribution in [2.24, 2.45) is 20.5 Å². The summed E-state index contributed by atoms with van der Waals surface area (Å²) in [4.78, 5) is 77.6. The van der Waals surface area contributed by atoms with E-state index in [1.54, 1.807) is 48.5 Å². The molecule has 0 bridgehead atoms. The summed E-state index contributed by atoms with van der Waals surface area (Å²) >= 11 is 37.5. The fourth-order valence-corrected chi connectivity index (χ4v) is 6.78. The largest absolute Gasteiger partial charge is 0.324 e. The molecule has 5 rings (SSSR count). The molecule has 2 atom stereocenters. The van der Waals surface area contributed by atoms with Crippen LogP contribution in [0, 0.1) is 0 Å². The molecule has 0 aromatic heterocycles. The summed E-state index contributed by atoms with van der Waals surface area (Å²) < 4.78 is 0. The smallest absolute Gasteiger partial charge is 0.258 e. The van der Waals surface area contributed by atoms with Crippen molar-refractivity contribution in [3.05, 3.63) is 139 Å². The molecule has 14 nitrogen and oxygen atoms in total. The molecule has 4 N–H and O–H groups in total. The fraction of sp³-hybridized carbons (Fsp3) is 0.143. The van der Waals surface area contributed by atoms with Gasteiger partial charge in [0.2, 0.25) is 12.1 Å². The van der Waals surface area contributed by atoms with Crippen molar-refractivity contribution in [2.75, 3.05) is 21.3 Å². The van der Waals surface area contributed by atoms with Crippen LogP contribution in [0.3, 0.4) is 0 Å². The number of ketones is 2. The average Bonchev–Trinajstić information content (AvgIpc) is 3.23. The minimum Gasteiger partial charge on any atom is -0.324 e. The predicted octanol–water partition coefficient (Wildman–Crippen LogP) is 11.6. The molecule has 2 unspecified atom stereocenters. The Morgan fingerprint density at radius 3 is 1.27 bits per heavy atom. The quantitative estimate of drug-likeness (QED) is 0.0431. The van der Waals surface area contributed by atoms with Gasteiger partial charge in [-0.2, -0.15) is 20.5 Å². The summed E-state index contributed by atoms with van der Waals surface area (Å²) in [6.45, 7) is 2.23. The van der Waals surface area contributed by atoms with E-state index in [0.717, 1.165) is 25.0 Å². The number of nitrogens with one attached hydrogen (secondary N) is 4. The van der Waals surface area contributed by atoms with E-state index >= 15 is 0 Å². The first-order chi connectivity index (χ1) is 29.6. The van der Waals surface area contributed by atoms with Crippen LogP contribution in [0.2, 0.25) is 20.1 Å². The number of halogens is 6. The molecular weight excluding hydrogens is 925 g/mol. The van der Waals surface area contributed by atoms with E-state index in [9.17, 15) is 28.8 Å². The molecule has 0 heterocycles. The Labute approximate surface area is 384 Å². The number of carbonyl (C=O) groups excluding carboxylic acids is 6. The van der Waals surface area contributed by atoms with Gasteiger partial charge in [0.05, 0.1) is 36.9 Å². The summed E-state index contributed by atoms with van der Waals surface area (Å²) in [7, 11) is 0. The summed E-state index contributed by atoms with van der Waals surface area (Å²) in [5.74, 6) is -3.75. The minimum absolute atomic E-state index is 0.000254. The van der Waals surface area contributed by atoms with E-state index in [0.29, 0.717) is 23.1 Å². The SMILES string of the molecule is CC(=O)C(N=Nc1cccc(C(=O)Nc2ccc(CCl)cc2)c1Cl)C(=O)Nc1cc(Cl)c(NC(=O)C(N=Nc2cccc(C(=O)Nc3ccc(CCl)cc3)c2Cl)C(C)=O)c(Cl)c1. The third-order valence-electron chi connectivity index (χ3n) is 8.56. The monoisotopic (exact) mass is 954 g/mol. The van der Waals surface area contributed by atoms with Crippen LogP contribution in [-0.4, -0.2) is 47.3 Å². The second-order valence-electron chi connectivity index (χ2n) is 13.1. The van der Waals surface area contributed by atoms with Gasteiger partial charge < -0.3 is 21.3 Å². The van der Waals surface area contributed by atoms with Crippen LogP contribution in [-0.2, 0) is 30.9 Å². The fourth-order valence-electron chi connectivity index (χ4n) is 5.34. The number of alkyl halides is 2. The number of Topliss-reactive ketones (excluding diaryl/α,β-unsaturated/α-hetero) is 2. The molecule has 5 aromatic carbocycles. The molecule has 0 aliphatic heterocycles. The molecule has 0 spiro atoms. The van der Waals surface area contributed by atoms with E-state index in [1.165, 1.54) is 48.5 Å². The Morgan fingerprint density at radius 1 is 0.516 bits per heavy atom. The highest BCUT2D eigenvalue weighted by molar-refractivity contribution is 6.41. The van der Waals surface area contributed by atoms with Crippen molar-refractivity contribution in [3.8, 4) is 0 Å². The zero-order valence-electron chi connectivity index (χ0n) is 32.3. The molecular formula is C42H32Cl6N8O6. The Kier molecular flexibility index (Phi) is 16.7. The molecule has 0 saturated carbocycles. The van der Waals surface area contributed by atoms with Gasteiger partial charge in [-0.05, 0) is 85.6 Å². The molecule has 0 saturated heterocycles.